The van der Waals surface area contributed by atoms with E-state index in [1.54, 1.807) is 18.2 Å². The number of hydrogen-bond acceptors (Lipinski definition) is 8. The number of sulfone groups is 1. The van der Waals surface area contributed by atoms with Gasteiger partial charge in [0.15, 0.2) is 15.7 Å². The Hall–Kier alpha value is -2.42. The molecule has 1 unspecified atom stereocenters. The lowest BCUT2D eigenvalue weighted by Gasteiger charge is -2.22. The smallest absolute Gasteiger partial charge is 0.247 e. The number of rotatable bonds is 7. The molecule has 0 amide bonds. The van der Waals surface area contributed by atoms with E-state index in [-0.39, 0.29) is 17.5 Å². The standard InChI is InChI=1S/C17H23N5O3S/c1-22(14-8-10-26(23,24)12-14)17-20-16(11-19-21-17)18-9-7-13-3-5-15(25-2)6-4-13/h3-6,11,14H,7-10,12H2,1-2H3,(H,18,20,21). The molecule has 140 valence electrons. The van der Waals surface area contributed by atoms with E-state index in [1.807, 2.05) is 31.3 Å². The van der Waals surface area contributed by atoms with Crippen molar-refractivity contribution < 1.29 is 13.2 Å². The summed E-state index contributed by atoms with van der Waals surface area (Å²) in [6.07, 6.45) is 2.99. The molecule has 1 aliphatic heterocycles. The van der Waals surface area contributed by atoms with Crippen molar-refractivity contribution >= 4 is 21.6 Å². The van der Waals surface area contributed by atoms with Crippen molar-refractivity contribution in [3.63, 3.8) is 0 Å². The van der Waals surface area contributed by atoms with E-state index in [0.29, 0.717) is 24.7 Å². The molecule has 8 nitrogen and oxygen atoms in total. The first-order chi connectivity index (χ1) is 12.5. The van der Waals surface area contributed by atoms with Crippen LogP contribution in [-0.2, 0) is 16.3 Å². The highest BCUT2D eigenvalue weighted by molar-refractivity contribution is 7.91. The fraction of sp³-hybridized carbons (Fsp3) is 0.471. The van der Waals surface area contributed by atoms with Crippen molar-refractivity contribution in [1.29, 1.82) is 0 Å². The number of methoxy groups -OCH3 is 1. The first kappa shape index (κ1) is 18.4. The molecular formula is C17H23N5O3S. The molecule has 0 radical (unpaired) electrons. The fourth-order valence-electron chi connectivity index (χ4n) is 2.90. The lowest BCUT2D eigenvalue weighted by molar-refractivity contribution is 0.414. The third-order valence-electron chi connectivity index (χ3n) is 4.50. The maximum atomic E-state index is 11.7. The summed E-state index contributed by atoms with van der Waals surface area (Å²) >= 11 is 0. The molecule has 1 aromatic heterocycles. The normalized spacial score (nSPS) is 18.5. The minimum Gasteiger partial charge on any atom is -0.497 e. The molecular weight excluding hydrogens is 354 g/mol. The molecule has 2 aromatic rings. The minimum absolute atomic E-state index is 0.101. The van der Waals surface area contributed by atoms with Gasteiger partial charge < -0.3 is 15.0 Å². The number of aromatic nitrogens is 3. The number of benzene rings is 1. The van der Waals surface area contributed by atoms with Crippen LogP contribution in [0.2, 0.25) is 0 Å². The molecule has 0 saturated carbocycles. The third kappa shape index (κ3) is 4.60. The maximum absolute atomic E-state index is 11.7. The van der Waals surface area contributed by atoms with Crippen LogP contribution in [0.1, 0.15) is 12.0 Å². The first-order valence-electron chi connectivity index (χ1n) is 8.46. The Morgan fingerprint density at radius 1 is 1.31 bits per heavy atom. The number of nitrogens with zero attached hydrogens (tertiary/aromatic N) is 4. The Morgan fingerprint density at radius 3 is 2.73 bits per heavy atom. The summed E-state index contributed by atoms with van der Waals surface area (Å²) in [7, 11) is 0.506. The zero-order chi connectivity index (χ0) is 18.6. The second-order valence-corrected chi connectivity index (χ2v) is 8.56. The highest BCUT2D eigenvalue weighted by Crippen LogP contribution is 2.20. The summed E-state index contributed by atoms with van der Waals surface area (Å²) < 4.78 is 28.5. The molecule has 1 fully saturated rings. The van der Waals surface area contributed by atoms with E-state index in [9.17, 15) is 8.42 Å². The van der Waals surface area contributed by atoms with E-state index < -0.39 is 9.84 Å². The number of hydrogen-bond donors (Lipinski definition) is 1. The van der Waals surface area contributed by atoms with Gasteiger partial charge in [-0.3, -0.25) is 0 Å². The van der Waals surface area contributed by atoms with Crippen LogP contribution < -0.4 is 15.0 Å². The molecule has 1 aliphatic rings. The van der Waals surface area contributed by atoms with Gasteiger partial charge in [-0.15, -0.1) is 5.10 Å². The molecule has 2 heterocycles. The zero-order valence-corrected chi connectivity index (χ0v) is 15.7. The number of nitrogens with one attached hydrogen (secondary N) is 1. The molecule has 0 bridgehead atoms. The van der Waals surface area contributed by atoms with E-state index in [0.717, 1.165) is 12.2 Å². The van der Waals surface area contributed by atoms with E-state index in [4.69, 9.17) is 4.74 Å². The lowest BCUT2D eigenvalue weighted by Crippen LogP contribution is -2.34. The van der Waals surface area contributed by atoms with Crippen LogP contribution in [0.25, 0.3) is 0 Å². The van der Waals surface area contributed by atoms with Crippen molar-refractivity contribution in [3.05, 3.63) is 36.0 Å². The maximum Gasteiger partial charge on any atom is 0.247 e. The Labute approximate surface area is 153 Å². The van der Waals surface area contributed by atoms with Crippen LogP contribution in [0.5, 0.6) is 5.75 Å². The summed E-state index contributed by atoms with van der Waals surface area (Å²) in [5, 5.41) is 11.2. The van der Waals surface area contributed by atoms with E-state index in [2.05, 4.69) is 20.5 Å². The van der Waals surface area contributed by atoms with Gasteiger partial charge >= 0.3 is 0 Å². The summed E-state index contributed by atoms with van der Waals surface area (Å²) in [6.45, 7) is 0.700. The van der Waals surface area contributed by atoms with Crippen LogP contribution in [0.3, 0.4) is 0 Å². The van der Waals surface area contributed by atoms with Gasteiger partial charge in [0.2, 0.25) is 5.95 Å². The molecule has 0 spiro atoms. The van der Waals surface area contributed by atoms with Crippen LogP contribution >= 0.6 is 0 Å². The van der Waals surface area contributed by atoms with Gasteiger partial charge in [-0.1, -0.05) is 12.1 Å². The van der Waals surface area contributed by atoms with Crippen molar-refractivity contribution in [1.82, 2.24) is 15.2 Å². The Morgan fingerprint density at radius 2 is 2.08 bits per heavy atom. The zero-order valence-electron chi connectivity index (χ0n) is 14.9. The predicted molar refractivity (Wildman–Crippen MR) is 100 cm³/mol. The van der Waals surface area contributed by atoms with Crippen LogP contribution in [0.15, 0.2) is 30.5 Å². The highest BCUT2D eigenvalue weighted by Gasteiger charge is 2.31. The summed E-state index contributed by atoms with van der Waals surface area (Å²) in [5.74, 6) is 2.25. The Bertz CT molecular complexity index is 842. The molecule has 26 heavy (non-hydrogen) atoms. The minimum atomic E-state index is -2.95. The third-order valence-corrected chi connectivity index (χ3v) is 6.25. The predicted octanol–water partition coefficient (Wildman–Crippen LogP) is 1.16. The highest BCUT2D eigenvalue weighted by atomic mass is 32.2. The molecule has 0 aliphatic carbocycles. The molecule has 3 rings (SSSR count). The van der Waals surface area contributed by atoms with Crippen molar-refractivity contribution in [2.75, 3.05) is 42.4 Å². The monoisotopic (exact) mass is 377 g/mol. The van der Waals surface area contributed by atoms with E-state index in [1.165, 1.54) is 5.56 Å². The second-order valence-electron chi connectivity index (χ2n) is 6.33. The van der Waals surface area contributed by atoms with Gasteiger partial charge in [0, 0.05) is 19.6 Å². The van der Waals surface area contributed by atoms with Gasteiger partial charge in [-0.2, -0.15) is 10.1 Å². The van der Waals surface area contributed by atoms with Crippen molar-refractivity contribution in [2.24, 2.45) is 0 Å². The Kier molecular flexibility index (Phi) is 5.55. The van der Waals surface area contributed by atoms with Gasteiger partial charge in [-0.25, -0.2) is 8.42 Å². The van der Waals surface area contributed by atoms with Crippen LogP contribution in [0, 0.1) is 0 Å². The van der Waals surface area contributed by atoms with Gasteiger partial charge in [-0.05, 0) is 30.5 Å². The average molecular weight is 377 g/mol. The summed E-state index contributed by atoms with van der Waals surface area (Å²) in [6, 6.07) is 7.82. The first-order valence-corrected chi connectivity index (χ1v) is 10.3. The summed E-state index contributed by atoms with van der Waals surface area (Å²) in [4.78, 5) is 6.25. The fourth-order valence-corrected chi connectivity index (χ4v) is 4.67. The average Bonchev–Trinajstić information content (AvgIpc) is 3.02. The second kappa shape index (κ2) is 7.86. The molecule has 1 aromatic carbocycles. The van der Waals surface area contributed by atoms with Gasteiger partial charge in [0.25, 0.3) is 0 Å². The van der Waals surface area contributed by atoms with Crippen molar-refractivity contribution in [2.45, 2.75) is 18.9 Å². The molecule has 1 atom stereocenters. The molecule has 1 N–H and O–H groups in total. The topological polar surface area (TPSA) is 97.3 Å². The quantitative estimate of drug-likeness (QED) is 0.768. The summed E-state index contributed by atoms with van der Waals surface area (Å²) in [5.41, 5.74) is 1.19. The molecule has 1 saturated heterocycles. The number of anilines is 2. The van der Waals surface area contributed by atoms with Gasteiger partial charge in [0.1, 0.15) is 5.75 Å². The van der Waals surface area contributed by atoms with E-state index >= 15 is 0 Å². The van der Waals surface area contributed by atoms with Crippen LogP contribution in [-0.4, -0.2) is 61.8 Å². The molecule has 9 heteroatoms. The van der Waals surface area contributed by atoms with Crippen molar-refractivity contribution in [3.8, 4) is 5.75 Å². The van der Waals surface area contributed by atoms with Crippen LogP contribution in [0.4, 0.5) is 11.8 Å². The largest absolute Gasteiger partial charge is 0.497 e. The lowest BCUT2D eigenvalue weighted by atomic mass is 10.1. The Balaban J connectivity index is 1.56. The SMILES string of the molecule is COc1ccc(CCNc2cnnc(N(C)C3CCS(=O)(=O)C3)n2)cc1. The number of ether oxygens (including phenoxy) is 1. The van der Waals surface area contributed by atoms with Gasteiger partial charge in [0.05, 0.1) is 24.8 Å².